The highest BCUT2D eigenvalue weighted by atomic mass is 16.6. The molecule has 2 N–H and O–H groups in total. The zero-order valence-corrected chi connectivity index (χ0v) is 14.1. The van der Waals surface area contributed by atoms with Crippen LogP contribution in [0.1, 0.15) is 53.4 Å². The summed E-state index contributed by atoms with van der Waals surface area (Å²) >= 11 is 0. The van der Waals surface area contributed by atoms with Crippen LogP contribution in [0.2, 0.25) is 0 Å². The van der Waals surface area contributed by atoms with E-state index in [0.717, 1.165) is 25.7 Å². The largest absolute Gasteiger partial charge is 0.463 e. The predicted molar refractivity (Wildman–Crippen MR) is 82.1 cm³/mol. The number of hydrogen-bond acceptors (Lipinski definition) is 6. The van der Waals surface area contributed by atoms with Crippen molar-refractivity contribution in [1.29, 1.82) is 0 Å². The summed E-state index contributed by atoms with van der Waals surface area (Å²) in [6.07, 6.45) is -0.438. The summed E-state index contributed by atoms with van der Waals surface area (Å²) in [5.74, 6) is -1.59. The monoisotopic (exact) mass is 318 g/mol. The number of aliphatic hydroxyl groups is 2. The molecule has 22 heavy (non-hydrogen) atoms. The molecular weight excluding hydrogens is 288 g/mol. The third kappa shape index (κ3) is 7.22. The SMILES string of the molecule is CCC(CC)COC(=O)C(O)C(O)C(=O)OCC(CC)CC. The average Bonchev–Trinajstić information content (AvgIpc) is 2.54. The van der Waals surface area contributed by atoms with Crippen molar-refractivity contribution in [1.82, 2.24) is 0 Å². The van der Waals surface area contributed by atoms with E-state index in [1.807, 2.05) is 27.7 Å². The quantitative estimate of drug-likeness (QED) is 0.563. The van der Waals surface area contributed by atoms with Crippen LogP contribution in [0.4, 0.5) is 0 Å². The molecule has 0 aliphatic rings. The maximum absolute atomic E-state index is 11.6. The Morgan fingerprint density at radius 1 is 0.727 bits per heavy atom. The van der Waals surface area contributed by atoms with Gasteiger partial charge in [0.05, 0.1) is 13.2 Å². The molecule has 130 valence electrons. The van der Waals surface area contributed by atoms with Crippen molar-refractivity contribution in [2.75, 3.05) is 13.2 Å². The highest BCUT2D eigenvalue weighted by molar-refractivity contribution is 5.85. The maximum Gasteiger partial charge on any atom is 0.338 e. The molecular formula is C16H30O6. The van der Waals surface area contributed by atoms with E-state index in [4.69, 9.17) is 9.47 Å². The van der Waals surface area contributed by atoms with E-state index in [-0.39, 0.29) is 25.0 Å². The molecule has 0 aromatic heterocycles. The zero-order chi connectivity index (χ0) is 17.1. The van der Waals surface area contributed by atoms with Gasteiger partial charge in [-0.2, -0.15) is 0 Å². The van der Waals surface area contributed by atoms with Crippen molar-refractivity contribution in [2.24, 2.45) is 11.8 Å². The first-order valence-corrected chi connectivity index (χ1v) is 8.10. The lowest BCUT2D eigenvalue weighted by molar-refractivity contribution is -0.174. The second-order valence-electron chi connectivity index (χ2n) is 5.51. The van der Waals surface area contributed by atoms with Gasteiger partial charge in [0.15, 0.2) is 12.2 Å². The van der Waals surface area contributed by atoms with Crippen LogP contribution < -0.4 is 0 Å². The highest BCUT2D eigenvalue weighted by Gasteiger charge is 2.33. The van der Waals surface area contributed by atoms with Crippen LogP contribution in [0.5, 0.6) is 0 Å². The van der Waals surface area contributed by atoms with Gasteiger partial charge in [0.25, 0.3) is 0 Å². The smallest absolute Gasteiger partial charge is 0.338 e. The molecule has 0 heterocycles. The number of esters is 2. The minimum atomic E-state index is -1.91. The molecule has 0 rings (SSSR count). The fraction of sp³-hybridized carbons (Fsp3) is 0.875. The Balaban J connectivity index is 4.30. The summed E-state index contributed by atoms with van der Waals surface area (Å²) in [6, 6.07) is 0. The Kier molecular flexibility index (Phi) is 10.8. The minimum absolute atomic E-state index is 0.165. The van der Waals surface area contributed by atoms with Gasteiger partial charge < -0.3 is 19.7 Å². The first-order chi connectivity index (χ1) is 10.4. The molecule has 0 aromatic rings. The Morgan fingerprint density at radius 3 is 1.23 bits per heavy atom. The Morgan fingerprint density at radius 2 is 1.00 bits per heavy atom. The number of aliphatic hydroxyl groups excluding tert-OH is 2. The molecule has 0 aliphatic carbocycles. The van der Waals surface area contributed by atoms with Gasteiger partial charge >= 0.3 is 11.9 Å². The lowest BCUT2D eigenvalue weighted by Crippen LogP contribution is -2.42. The third-order valence-electron chi connectivity index (χ3n) is 4.01. The number of hydrogen-bond donors (Lipinski definition) is 2. The Labute approximate surface area is 132 Å². The van der Waals surface area contributed by atoms with Crippen molar-refractivity contribution in [3.63, 3.8) is 0 Å². The zero-order valence-electron chi connectivity index (χ0n) is 14.1. The van der Waals surface area contributed by atoms with Crippen LogP contribution in [0.25, 0.3) is 0 Å². The van der Waals surface area contributed by atoms with Gasteiger partial charge in [0, 0.05) is 0 Å². The van der Waals surface area contributed by atoms with E-state index in [9.17, 15) is 19.8 Å². The molecule has 6 heteroatoms. The summed E-state index contributed by atoms with van der Waals surface area (Å²) in [7, 11) is 0. The molecule has 0 bridgehead atoms. The average molecular weight is 318 g/mol. The van der Waals surface area contributed by atoms with Gasteiger partial charge in [-0.15, -0.1) is 0 Å². The molecule has 0 spiro atoms. The number of carbonyl (C=O) groups is 2. The third-order valence-corrected chi connectivity index (χ3v) is 4.01. The summed E-state index contributed by atoms with van der Waals surface area (Å²) in [5.41, 5.74) is 0. The lowest BCUT2D eigenvalue weighted by atomic mass is 10.1. The molecule has 2 unspecified atom stereocenters. The van der Waals surface area contributed by atoms with Crippen molar-refractivity contribution >= 4 is 11.9 Å². The van der Waals surface area contributed by atoms with Crippen LogP contribution >= 0.6 is 0 Å². The predicted octanol–water partition coefficient (Wildman–Crippen LogP) is 1.67. The molecule has 0 aliphatic heterocycles. The molecule has 2 atom stereocenters. The minimum Gasteiger partial charge on any atom is -0.463 e. The van der Waals surface area contributed by atoms with Crippen molar-refractivity contribution in [3.05, 3.63) is 0 Å². The summed E-state index contributed by atoms with van der Waals surface area (Å²) in [6.45, 7) is 8.23. The van der Waals surface area contributed by atoms with E-state index in [1.54, 1.807) is 0 Å². The fourth-order valence-corrected chi connectivity index (χ4v) is 1.88. The highest BCUT2D eigenvalue weighted by Crippen LogP contribution is 2.11. The Hall–Kier alpha value is -1.14. The van der Waals surface area contributed by atoms with Crippen molar-refractivity contribution in [2.45, 2.75) is 65.6 Å². The van der Waals surface area contributed by atoms with E-state index in [2.05, 4.69) is 0 Å². The summed E-state index contributed by atoms with van der Waals surface area (Å²) in [5, 5.41) is 19.3. The second-order valence-corrected chi connectivity index (χ2v) is 5.51. The van der Waals surface area contributed by atoms with E-state index < -0.39 is 24.1 Å². The molecule has 0 radical (unpaired) electrons. The molecule has 0 fully saturated rings. The molecule has 0 saturated carbocycles. The summed E-state index contributed by atoms with van der Waals surface area (Å²) < 4.78 is 9.86. The van der Waals surface area contributed by atoms with Gasteiger partial charge in [-0.05, 0) is 11.8 Å². The van der Waals surface area contributed by atoms with E-state index in [0.29, 0.717) is 0 Å². The molecule has 6 nitrogen and oxygen atoms in total. The van der Waals surface area contributed by atoms with Gasteiger partial charge in [0.1, 0.15) is 0 Å². The fourth-order valence-electron chi connectivity index (χ4n) is 1.88. The Bertz CT molecular complexity index is 291. The van der Waals surface area contributed by atoms with Gasteiger partial charge in [0.2, 0.25) is 0 Å². The number of ether oxygens (including phenoxy) is 2. The number of rotatable bonds is 11. The summed E-state index contributed by atoms with van der Waals surface area (Å²) in [4.78, 5) is 23.3. The normalized spacial score (nSPS) is 14.0. The van der Waals surface area contributed by atoms with Crippen LogP contribution in [-0.2, 0) is 19.1 Å². The maximum atomic E-state index is 11.6. The van der Waals surface area contributed by atoms with Crippen molar-refractivity contribution < 1.29 is 29.3 Å². The van der Waals surface area contributed by atoms with Crippen LogP contribution in [0.3, 0.4) is 0 Å². The molecule has 0 amide bonds. The van der Waals surface area contributed by atoms with Crippen LogP contribution in [-0.4, -0.2) is 47.6 Å². The van der Waals surface area contributed by atoms with E-state index >= 15 is 0 Å². The van der Waals surface area contributed by atoms with Gasteiger partial charge in [-0.1, -0.05) is 53.4 Å². The first-order valence-electron chi connectivity index (χ1n) is 8.10. The lowest BCUT2D eigenvalue weighted by Gasteiger charge is -2.19. The first kappa shape index (κ1) is 20.9. The number of carbonyl (C=O) groups excluding carboxylic acids is 2. The topological polar surface area (TPSA) is 93.1 Å². The molecule has 0 aromatic carbocycles. The van der Waals surface area contributed by atoms with Gasteiger partial charge in [-0.25, -0.2) is 9.59 Å². The molecule has 0 saturated heterocycles. The van der Waals surface area contributed by atoms with Crippen LogP contribution in [0.15, 0.2) is 0 Å². The van der Waals surface area contributed by atoms with Crippen molar-refractivity contribution in [3.8, 4) is 0 Å². The van der Waals surface area contributed by atoms with Crippen LogP contribution in [0, 0.1) is 11.8 Å². The van der Waals surface area contributed by atoms with E-state index in [1.165, 1.54) is 0 Å². The second kappa shape index (κ2) is 11.4. The standard InChI is InChI=1S/C16H30O6/c1-5-11(6-2)9-21-15(19)13(17)14(18)16(20)22-10-12(7-3)8-4/h11-14,17-18H,5-10H2,1-4H3. The van der Waals surface area contributed by atoms with Gasteiger partial charge in [-0.3, -0.25) is 0 Å².